The Morgan fingerprint density at radius 3 is 2.71 bits per heavy atom. The molecule has 2 amide bonds. The van der Waals surface area contributed by atoms with Gasteiger partial charge in [0.15, 0.2) is 5.76 Å². The molecule has 0 aromatic carbocycles. The highest BCUT2D eigenvalue weighted by molar-refractivity contribution is 7.19. The number of amides is 2. The summed E-state index contributed by atoms with van der Waals surface area (Å²) in [5, 5.41) is 4.35. The fourth-order valence-electron chi connectivity index (χ4n) is 5.53. The lowest BCUT2D eigenvalue weighted by atomic mass is 9.86. The summed E-state index contributed by atoms with van der Waals surface area (Å²) in [5.74, 6) is -0.0148. The zero-order valence-electron chi connectivity index (χ0n) is 18.1. The van der Waals surface area contributed by atoms with Gasteiger partial charge in [-0.05, 0) is 31.5 Å². The van der Waals surface area contributed by atoms with E-state index in [2.05, 4.69) is 31.2 Å². The van der Waals surface area contributed by atoms with Gasteiger partial charge in [0.2, 0.25) is 11.8 Å². The van der Waals surface area contributed by atoms with Crippen LogP contribution in [0.4, 0.5) is 0 Å². The molecule has 0 aliphatic carbocycles. The van der Waals surface area contributed by atoms with Crippen molar-refractivity contribution in [3.05, 3.63) is 28.2 Å². The summed E-state index contributed by atoms with van der Waals surface area (Å²) >= 11 is 7.51. The number of imide groups is 1. The average Bonchev–Trinajstić information content (AvgIpc) is 3.47. The molecule has 3 saturated heterocycles. The first kappa shape index (κ1) is 21.1. The first-order valence-electron chi connectivity index (χ1n) is 10.9. The lowest BCUT2D eigenvalue weighted by Gasteiger charge is -2.28. The highest BCUT2D eigenvalue weighted by atomic mass is 35.5. The quantitative estimate of drug-likeness (QED) is 0.486. The van der Waals surface area contributed by atoms with Gasteiger partial charge in [-0.3, -0.25) is 19.4 Å². The van der Waals surface area contributed by atoms with Crippen molar-refractivity contribution < 1.29 is 18.6 Å². The van der Waals surface area contributed by atoms with Crippen LogP contribution in [0.25, 0.3) is 10.6 Å². The van der Waals surface area contributed by atoms with Crippen LogP contribution in [-0.2, 0) is 9.59 Å². The van der Waals surface area contributed by atoms with E-state index in [1.54, 1.807) is 0 Å². The average molecular weight is 464 g/mol. The molecule has 9 heteroatoms. The minimum absolute atomic E-state index is 0.00423. The highest BCUT2D eigenvalue weighted by Gasteiger charge is 2.63. The van der Waals surface area contributed by atoms with Crippen LogP contribution in [0.2, 0.25) is 4.34 Å². The van der Waals surface area contributed by atoms with Crippen molar-refractivity contribution in [3.63, 3.8) is 0 Å². The molecule has 7 nitrogen and oxygen atoms in total. The second kappa shape index (κ2) is 7.69. The zero-order chi connectivity index (χ0) is 21.9. The van der Waals surface area contributed by atoms with Gasteiger partial charge in [0.05, 0.1) is 54.8 Å². The maximum absolute atomic E-state index is 13.4. The number of nitrogens with zero attached hydrogens (tertiary/aromatic N) is 4. The summed E-state index contributed by atoms with van der Waals surface area (Å²) in [7, 11) is 6.37. The number of rotatable bonds is 6. The fourth-order valence-corrected chi connectivity index (χ4v) is 6.52. The molecule has 2 aromatic heterocycles. The molecule has 166 valence electrons. The monoisotopic (exact) mass is 463 g/mol. The zero-order valence-corrected chi connectivity index (χ0v) is 19.7. The lowest BCUT2D eigenvalue weighted by Crippen LogP contribution is -2.42. The van der Waals surface area contributed by atoms with Crippen LogP contribution < -0.4 is 0 Å². The number of hydrogen-bond donors (Lipinski definition) is 0. The topological polar surface area (TPSA) is 66.7 Å². The largest absolute Gasteiger partial charge is 0.355 e. The molecule has 5 rings (SSSR count). The third kappa shape index (κ3) is 3.63. The van der Waals surface area contributed by atoms with Crippen LogP contribution in [0, 0.1) is 11.8 Å². The van der Waals surface area contributed by atoms with Gasteiger partial charge in [-0.1, -0.05) is 16.8 Å². The van der Waals surface area contributed by atoms with E-state index in [1.807, 2.05) is 18.2 Å². The molecule has 3 aliphatic heterocycles. The third-order valence-electron chi connectivity index (χ3n) is 6.80. The predicted octanol–water partition coefficient (Wildman–Crippen LogP) is 3.27. The lowest BCUT2D eigenvalue weighted by molar-refractivity contribution is -0.870. The summed E-state index contributed by atoms with van der Waals surface area (Å²) in [6.07, 6.45) is 2.81. The van der Waals surface area contributed by atoms with Gasteiger partial charge in [-0.2, -0.15) is 0 Å². The fraction of sp³-hybridized carbons (Fsp3) is 0.591. The predicted molar refractivity (Wildman–Crippen MR) is 119 cm³/mol. The number of aromatic nitrogens is 1. The van der Waals surface area contributed by atoms with Gasteiger partial charge in [-0.25, -0.2) is 0 Å². The standard InChI is InChI=1S/C22H28ClN4O3S/c1-27(2,3)11-5-10-26-21(28)18-14-6-4-9-25(14)20(19(18)22(26)29)13-12-15(30-24-13)16-7-8-17(23)31-16/h7-8,12,14,18-20H,4-6,9-11H2,1-3H3/q+1/t14-,18-,19-,20-/m1/s1. The molecule has 0 radical (unpaired) electrons. The number of thiophene rings is 1. The Morgan fingerprint density at radius 2 is 2.00 bits per heavy atom. The van der Waals surface area contributed by atoms with Crippen molar-refractivity contribution in [2.45, 2.75) is 31.3 Å². The van der Waals surface area contributed by atoms with Gasteiger partial charge < -0.3 is 9.01 Å². The molecule has 0 saturated carbocycles. The van der Waals surface area contributed by atoms with E-state index in [4.69, 9.17) is 16.1 Å². The molecule has 0 unspecified atom stereocenters. The van der Waals surface area contributed by atoms with E-state index in [0.29, 0.717) is 16.6 Å². The minimum Gasteiger partial charge on any atom is -0.355 e. The van der Waals surface area contributed by atoms with E-state index in [9.17, 15) is 9.59 Å². The summed E-state index contributed by atoms with van der Waals surface area (Å²) in [5.41, 5.74) is 0.744. The van der Waals surface area contributed by atoms with Gasteiger partial charge in [0.1, 0.15) is 5.69 Å². The SMILES string of the molecule is C[N+](C)(C)CCCN1C(=O)[C@@H]2[C@H](C1=O)[C@H]1CCCN1[C@@H]2c1cc(-c2ccc(Cl)s2)on1. The van der Waals surface area contributed by atoms with Gasteiger partial charge in [-0.15, -0.1) is 11.3 Å². The summed E-state index contributed by atoms with van der Waals surface area (Å²) in [6, 6.07) is 5.57. The Bertz CT molecular complexity index is 1010. The Balaban J connectivity index is 1.42. The Labute approximate surface area is 191 Å². The van der Waals surface area contributed by atoms with Crippen LogP contribution in [0.1, 0.15) is 31.0 Å². The minimum atomic E-state index is -0.369. The van der Waals surface area contributed by atoms with Gasteiger partial charge in [0.25, 0.3) is 0 Å². The first-order valence-corrected chi connectivity index (χ1v) is 12.1. The Kier molecular flexibility index (Phi) is 5.24. The molecule has 2 aromatic rings. The first-order chi connectivity index (χ1) is 14.7. The Morgan fingerprint density at radius 1 is 1.23 bits per heavy atom. The molecule has 4 atom stereocenters. The number of carbonyl (C=O) groups is 2. The normalized spacial score (nSPS) is 28.6. The van der Waals surface area contributed by atoms with E-state index < -0.39 is 0 Å². The van der Waals surface area contributed by atoms with E-state index in [1.165, 1.54) is 16.2 Å². The molecule has 0 spiro atoms. The smallest absolute Gasteiger partial charge is 0.235 e. The van der Waals surface area contributed by atoms with E-state index >= 15 is 0 Å². The van der Waals surface area contributed by atoms with Crippen molar-refractivity contribution in [1.82, 2.24) is 15.0 Å². The van der Waals surface area contributed by atoms with E-state index in [-0.39, 0.29) is 35.7 Å². The van der Waals surface area contributed by atoms with Crippen LogP contribution in [-0.4, -0.2) is 78.1 Å². The number of hydrogen-bond acceptors (Lipinski definition) is 6. The van der Waals surface area contributed by atoms with Crippen molar-refractivity contribution in [2.24, 2.45) is 11.8 Å². The summed E-state index contributed by atoms with van der Waals surface area (Å²) in [4.78, 5) is 31.5. The molecule has 31 heavy (non-hydrogen) atoms. The summed E-state index contributed by atoms with van der Waals surface area (Å²) < 4.78 is 7.13. The molecule has 3 fully saturated rings. The van der Waals surface area contributed by atoms with Gasteiger partial charge >= 0.3 is 0 Å². The van der Waals surface area contributed by atoms with Crippen LogP contribution in [0.15, 0.2) is 22.7 Å². The van der Waals surface area contributed by atoms with Crippen LogP contribution in [0.3, 0.4) is 0 Å². The highest BCUT2D eigenvalue weighted by Crippen LogP contribution is 2.53. The number of carbonyl (C=O) groups excluding carboxylic acids is 2. The van der Waals surface area contributed by atoms with Crippen LogP contribution >= 0.6 is 22.9 Å². The van der Waals surface area contributed by atoms with E-state index in [0.717, 1.165) is 47.4 Å². The molecular formula is C22H28ClN4O3S+. The second-order valence-electron chi connectivity index (χ2n) is 9.86. The number of halogens is 1. The van der Waals surface area contributed by atoms with Gasteiger partial charge in [0, 0.05) is 25.1 Å². The third-order valence-corrected chi connectivity index (χ3v) is 8.05. The molecule has 0 N–H and O–H groups in total. The molecule has 3 aliphatic rings. The van der Waals surface area contributed by atoms with Crippen LogP contribution in [0.5, 0.6) is 0 Å². The molecule has 5 heterocycles. The number of quaternary nitrogens is 1. The molecular weight excluding hydrogens is 436 g/mol. The summed E-state index contributed by atoms with van der Waals surface area (Å²) in [6.45, 7) is 2.30. The van der Waals surface area contributed by atoms with Crippen molar-refractivity contribution >= 4 is 34.8 Å². The second-order valence-corrected chi connectivity index (χ2v) is 11.6. The Hall–Kier alpha value is -1.74. The maximum atomic E-state index is 13.4. The maximum Gasteiger partial charge on any atom is 0.235 e. The van der Waals surface area contributed by atoms with Crippen molar-refractivity contribution in [2.75, 3.05) is 40.8 Å². The van der Waals surface area contributed by atoms with Crippen molar-refractivity contribution in [3.8, 4) is 10.6 Å². The number of likely N-dealkylation sites (tertiary alicyclic amines) is 1. The van der Waals surface area contributed by atoms with Crippen molar-refractivity contribution in [1.29, 1.82) is 0 Å². The molecule has 0 bridgehead atoms. The number of fused-ring (bicyclic) bond motifs is 3.